The highest BCUT2D eigenvalue weighted by Gasteiger charge is 2.30. The topological polar surface area (TPSA) is 53.6 Å². The normalized spacial score (nSPS) is 16.0. The maximum atomic E-state index is 12.1. The number of carbonyl (C=O) groups excluding carboxylic acids is 1. The summed E-state index contributed by atoms with van der Waals surface area (Å²) in [4.78, 5) is 14.2. The second-order valence-corrected chi connectivity index (χ2v) is 5.66. The molecule has 0 spiro atoms. The van der Waals surface area contributed by atoms with Crippen molar-refractivity contribution in [2.75, 3.05) is 39.3 Å². The third-order valence-corrected chi connectivity index (χ3v) is 3.70. The van der Waals surface area contributed by atoms with Crippen molar-refractivity contribution in [2.24, 2.45) is 0 Å². The van der Waals surface area contributed by atoms with Crippen molar-refractivity contribution in [1.82, 2.24) is 15.5 Å². The van der Waals surface area contributed by atoms with Gasteiger partial charge in [-0.1, -0.05) is 12.1 Å². The fraction of sp³-hybridized carbons (Fsp3) is 0.562. The van der Waals surface area contributed by atoms with Gasteiger partial charge in [0.2, 0.25) is 5.91 Å². The minimum absolute atomic E-state index is 0.139. The fourth-order valence-corrected chi connectivity index (χ4v) is 2.52. The van der Waals surface area contributed by atoms with Crippen LogP contribution in [-0.2, 0) is 11.2 Å². The number of rotatable bonds is 7. The van der Waals surface area contributed by atoms with Crippen LogP contribution in [0.4, 0.5) is 13.2 Å². The SMILES string of the molecule is O=C(Cc1ccc(OC(F)(F)F)cc1)NCCCN1CCNCC1. The second kappa shape index (κ2) is 8.89. The lowest BCUT2D eigenvalue weighted by Gasteiger charge is -2.27. The van der Waals surface area contributed by atoms with Crippen LogP contribution in [0.3, 0.4) is 0 Å². The van der Waals surface area contributed by atoms with E-state index in [4.69, 9.17) is 0 Å². The molecule has 0 aromatic heterocycles. The molecule has 2 rings (SSSR count). The number of alkyl halides is 3. The first kappa shape index (κ1) is 18.5. The lowest BCUT2D eigenvalue weighted by Crippen LogP contribution is -2.44. The molecule has 1 amide bonds. The number of halogens is 3. The van der Waals surface area contributed by atoms with E-state index in [2.05, 4.69) is 20.3 Å². The number of ether oxygens (including phenoxy) is 1. The van der Waals surface area contributed by atoms with Crippen LogP contribution < -0.4 is 15.4 Å². The molecule has 2 N–H and O–H groups in total. The van der Waals surface area contributed by atoms with E-state index >= 15 is 0 Å². The number of piperazine rings is 1. The zero-order valence-corrected chi connectivity index (χ0v) is 13.4. The highest BCUT2D eigenvalue weighted by Crippen LogP contribution is 2.22. The van der Waals surface area contributed by atoms with Crippen LogP contribution in [0.1, 0.15) is 12.0 Å². The van der Waals surface area contributed by atoms with E-state index in [0.717, 1.165) is 39.1 Å². The summed E-state index contributed by atoms with van der Waals surface area (Å²) in [5.74, 6) is -0.428. The Morgan fingerprint density at radius 2 is 1.88 bits per heavy atom. The molecule has 1 heterocycles. The zero-order chi connectivity index (χ0) is 17.4. The number of benzene rings is 1. The molecule has 1 aromatic carbocycles. The molecule has 0 unspecified atom stereocenters. The van der Waals surface area contributed by atoms with Gasteiger partial charge in [0.1, 0.15) is 5.75 Å². The summed E-state index contributed by atoms with van der Waals surface area (Å²) in [6.07, 6.45) is -3.69. The van der Waals surface area contributed by atoms with Crippen molar-refractivity contribution in [3.63, 3.8) is 0 Å². The molecular weight excluding hydrogens is 323 g/mol. The second-order valence-electron chi connectivity index (χ2n) is 5.66. The van der Waals surface area contributed by atoms with E-state index in [1.807, 2.05) is 0 Å². The molecule has 134 valence electrons. The molecule has 1 aromatic rings. The highest BCUT2D eigenvalue weighted by molar-refractivity contribution is 5.78. The lowest BCUT2D eigenvalue weighted by molar-refractivity contribution is -0.274. The van der Waals surface area contributed by atoms with Crippen molar-refractivity contribution in [3.8, 4) is 5.75 Å². The first-order chi connectivity index (χ1) is 11.4. The molecule has 8 heteroatoms. The summed E-state index contributed by atoms with van der Waals surface area (Å²) in [6.45, 7) is 5.60. The van der Waals surface area contributed by atoms with E-state index < -0.39 is 6.36 Å². The average Bonchev–Trinajstić information content (AvgIpc) is 2.53. The van der Waals surface area contributed by atoms with Crippen LogP contribution in [0.15, 0.2) is 24.3 Å². The summed E-state index contributed by atoms with van der Waals surface area (Å²) in [7, 11) is 0. The molecule has 1 saturated heterocycles. The number of nitrogens with one attached hydrogen (secondary N) is 2. The Morgan fingerprint density at radius 1 is 1.21 bits per heavy atom. The quantitative estimate of drug-likeness (QED) is 0.736. The van der Waals surface area contributed by atoms with Gasteiger partial charge in [0.25, 0.3) is 0 Å². The minimum Gasteiger partial charge on any atom is -0.406 e. The van der Waals surface area contributed by atoms with E-state index in [9.17, 15) is 18.0 Å². The summed E-state index contributed by atoms with van der Waals surface area (Å²) in [5, 5.41) is 6.12. The van der Waals surface area contributed by atoms with Gasteiger partial charge >= 0.3 is 6.36 Å². The molecule has 0 atom stereocenters. The Bertz CT molecular complexity index is 514. The minimum atomic E-state index is -4.71. The van der Waals surface area contributed by atoms with E-state index in [-0.39, 0.29) is 18.1 Å². The molecule has 5 nitrogen and oxygen atoms in total. The Kier molecular flexibility index (Phi) is 6.86. The Hall–Kier alpha value is -1.80. The maximum absolute atomic E-state index is 12.1. The van der Waals surface area contributed by atoms with Crippen molar-refractivity contribution in [1.29, 1.82) is 0 Å². The largest absolute Gasteiger partial charge is 0.573 e. The molecule has 1 aliphatic rings. The number of hydrogen-bond acceptors (Lipinski definition) is 4. The zero-order valence-electron chi connectivity index (χ0n) is 13.4. The smallest absolute Gasteiger partial charge is 0.406 e. The van der Waals surface area contributed by atoms with Crippen LogP contribution in [-0.4, -0.2) is 56.4 Å². The summed E-state index contributed by atoms with van der Waals surface area (Å²) in [6, 6.07) is 5.34. The lowest BCUT2D eigenvalue weighted by atomic mass is 10.1. The first-order valence-corrected chi connectivity index (χ1v) is 7.97. The molecular formula is C16H22F3N3O2. The third-order valence-electron chi connectivity index (χ3n) is 3.70. The first-order valence-electron chi connectivity index (χ1n) is 7.97. The molecule has 1 aliphatic heterocycles. The highest BCUT2D eigenvalue weighted by atomic mass is 19.4. The van der Waals surface area contributed by atoms with Gasteiger partial charge in [-0.2, -0.15) is 0 Å². The Labute approximate surface area is 139 Å². The molecule has 24 heavy (non-hydrogen) atoms. The molecule has 0 aliphatic carbocycles. The fourth-order valence-electron chi connectivity index (χ4n) is 2.52. The van der Waals surface area contributed by atoms with Crippen LogP contribution in [0.2, 0.25) is 0 Å². The van der Waals surface area contributed by atoms with Crippen molar-refractivity contribution in [2.45, 2.75) is 19.2 Å². The van der Waals surface area contributed by atoms with Gasteiger partial charge in [-0.15, -0.1) is 13.2 Å². The molecule has 1 fully saturated rings. The number of hydrogen-bond donors (Lipinski definition) is 2. The number of nitrogens with zero attached hydrogens (tertiary/aromatic N) is 1. The van der Waals surface area contributed by atoms with E-state index in [1.54, 1.807) is 0 Å². The van der Waals surface area contributed by atoms with Gasteiger partial charge in [0.05, 0.1) is 6.42 Å². The molecule has 0 radical (unpaired) electrons. The van der Waals surface area contributed by atoms with Crippen LogP contribution in [0, 0.1) is 0 Å². The predicted octanol–water partition coefficient (Wildman–Crippen LogP) is 1.54. The van der Waals surface area contributed by atoms with Crippen LogP contribution in [0.5, 0.6) is 5.75 Å². The standard InChI is InChI=1S/C16H22F3N3O2/c17-16(18,19)24-14-4-2-13(3-5-14)12-15(23)21-6-1-9-22-10-7-20-8-11-22/h2-5,20H,1,6-12H2,(H,21,23). The van der Waals surface area contributed by atoms with Crippen molar-refractivity contribution in [3.05, 3.63) is 29.8 Å². The molecule has 0 saturated carbocycles. The van der Waals surface area contributed by atoms with Crippen molar-refractivity contribution < 1.29 is 22.7 Å². The monoisotopic (exact) mass is 345 g/mol. The summed E-state index contributed by atoms with van der Waals surface area (Å²) < 4.78 is 40.0. The van der Waals surface area contributed by atoms with E-state index in [1.165, 1.54) is 24.3 Å². The third kappa shape index (κ3) is 7.18. The number of amides is 1. The van der Waals surface area contributed by atoms with Gasteiger partial charge in [0, 0.05) is 32.7 Å². The summed E-state index contributed by atoms with van der Waals surface area (Å²) in [5.41, 5.74) is 0.643. The Morgan fingerprint density at radius 3 is 2.50 bits per heavy atom. The van der Waals surface area contributed by atoms with Crippen LogP contribution in [0.25, 0.3) is 0 Å². The van der Waals surface area contributed by atoms with Gasteiger partial charge in [-0.3, -0.25) is 4.79 Å². The average molecular weight is 345 g/mol. The van der Waals surface area contributed by atoms with E-state index in [0.29, 0.717) is 12.1 Å². The van der Waals surface area contributed by atoms with Crippen LogP contribution >= 0.6 is 0 Å². The number of carbonyl (C=O) groups is 1. The van der Waals surface area contributed by atoms with Gasteiger partial charge < -0.3 is 20.3 Å². The van der Waals surface area contributed by atoms with Crippen molar-refractivity contribution >= 4 is 5.91 Å². The predicted molar refractivity (Wildman–Crippen MR) is 83.8 cm³/mol. The van der Waals surface area contributed by atoms with Gasteiger partial charge in [-0.25, -0.2) is 0 Å². The summed E-state index contributed by atoms with van der Waals surface area (Å²) >= 11 is 0. The molecule has 0 bridgehead atoms. The van der Waals surface area contributed by atoms with Gasteiger partial charge in [0.15, 0.2) is 0 Å². The Balaban J connectivity index is 1.64. The van der Waals surface area contributed by atoms with Gasteiger partial charge in [-0.05, 0) is 30.7 Å². The maximum Gasteiger partial charge on any atom is 0.573 e.